The molecule has 0 bridgehead atoms. The van der Waals surface area contributed by atoms with Gasteiger partial charge < -0.3 is 10.1 Å². The first-order valence-corrected chi connectivity index (χ1v) is 7.68. The van der Waals surface area contributed by atoms with E-state index in [4.69, 9.17) is 7.98 Å². The minimum Gasteiger partial charge on any atom is -0.343 e. The Kier molecular flexibility index (Phi) is 4.58. The first-order chi connectivity index (χ1) is 11.2. The van der Waals surface area contributed by atoms with Gasteiger partial charge in [-0.2, -0.15) is 0 Å². The monoisotopic (exact) mass is 304 g/mol. The van der Waals surface area contributed by atoms with Crippen LogP contribution in [0.2, 0.25) is 0 Å². The molecule has 1 aliphatic rings. The molecule has 2 radical (unpaired) electrons. The lowest BCUT2D eigenvalue weighted by Gasteiger charge is -2.20. The third kappa shape index (κ3) is 3.35. The molecule has 1 fully saturated rings. The molecule has 1 saturated heterocycles. The summed E-state index contributed by atoms with van der Waals surface area (Å²) in [6.07, 6.45) is 1.64. The van der Waals surface area contributed by atoms with Crippen LogP contribution in [0.25, 0.3) is 0 Å². The molecule has 4 nitrogen and oxygen atoms in total. The highest BCUT2D eigenvalue weighted by molar-refractivity contribution is 6.14. The zero-order valence-corrected chi connectivity index (χ0v) is 12.7. The average Bonchev–Trinajstić information content (AvgIpc) is 3.02. The molecule has 1 amide bonds. The van der Waals surface area contributed by atoms with Gasteiger partial charge in [0.1, 0.15) is 0 Å². The number of carbonyl (C=O) groups is 2. The van der Waals surface area contributed by atoms with Gasteiger partial charge in [-0.05, 0) is 31.5 Å². The van der Waals surface area contributed by atoms with Crippen molar-refractivity contribution in [3.05, 3.63) is 65.7 Å². The zero-order valence-electron chi connectivity index (χ0n) is 12.7. The summed E-state index contributed by atoms with van der Waals surface area (Å²) in [4.78, 5) is 26.6. The van der Waals surface area contributed by atoms with Gasteiger partial charge in [-0.1, -0.05) is 42.5 Å². The molecule has 0 spiro atoms. The predicted molar refractivity (Wildman–Crippen MR) is 90.4 cm³/mol. The largest absolute Gasteiger partial charge is 0.343 e. The summed E-state index contributed by atoms with van der Waals surface area (Å²) in [5.74, 6) is -0.282. The number of rotatable bonds is 4. The Bertz CT molecular complexity index is 718. The first kappa shape index (κ1) is 15.5. The van der Waals surface area contributed by atoms with Crippen molar-refractivity contribution in [2.75, 3.05) is 11.9 Å². The maximum atomic E-state index is 12.6. The molecular weight excluding hydrogens is 287 g/mol. The lowest BCUT2D eigenvalue weighted by Crippen LogP contribution is -2.38. The summed E-state index contributed by atoms with van der Waals surface area (Å²) in [5, 5.41) is 2.85. The molecule has 1 heterocycles. The number of nitrogens with one attached hydrogen (secondary N) is 1. The highest BCUT2D eigenvalue weighted by Gasteiger charge is 2.28. The van der Waals surface area contributed by atoms with Crippen LogP contribution in [0.4, 0.5) is 5.69 Å². The number of benzene rings is 2. The number of hydrogen-bond acceptors (Lipinski definition) is 3. The van der Waals surface area contributed by atoms with Crippen LogP contribution < -0.4 is 5.32 Å². The van der Waals surface area contributed by atoms with Crippen LogP contribution in [-0.2, 0) is 4.79 Å². The fourth-order valence-electron chi connectivity index (χ4n) is 2.82. The Morgan fingerprint density at radius 2 is 1.74 bits per heavy atom. The molecular formula is C18H17BN2O2. The molecule has 114 valence electrons. The summed E-state index contributed by atoms with van der Waals surface area (Å²) in [5.41, 5.74) is 1.59. The summed E-state index contributed by atoms with van der Waals surface area (Å²) < 4.78 is 0. The standard InChI is InChI=1S/C18H17BN2O2/c19-21-12-6-11-16(21)18(23)20-15-10-5-4-9-14(15)17(22)13-7-2-1-3-8-13/h1-5,7-10,16H,6,11-12H2,(H,20,23)/t16-/m1/s1. The molecule has 1 aliphatic heterocycles. The molecule has 2 aromatic carbocycles. The smallest absolute Gasteiger partial charge is 0.240 e. The van der Waals surface area contributed by atoms with Gasteiger partial charge in [0.05, 0.1) is 11.7 Å². The van der Waals surface area contributed by atoms with Crippen LogP contribution in [0, 0.1) is 0 Å². The van der Waals surface area contributed by atoms with E-state index in [1.807, 2.05) is 18.2 Å². The Morgan fingerprint density at radius 1 is 1.04 bits per heavy atom. The van der Waals surface area contributed by atoms with Crippen molar-refractivity contribution in [3.8, 4) is 0 Å². The van der Waals surface area contributed by atoms with E-state index < -0.39 is 0 Å². The first-order valence-electron chi connectivity index (χ1n) is 7.68. The van der Waals surface area contributed by atoms with Crippen LogP contribution >= 0.6 is 0 Å². The quantitative estimate of drug-likeness (QED) is 0.697. The Labute approximate surface area is 136 Å². The summed E-state index contributed by atoms with van der Waals surface area (Å²) in [6.45, 7) is 0.711. The average molecular weight is 304 g/mol. The highest BCUT2D eigenvalue weighted by atomic mass is 16.2. The number of nitrogens with zero attached hydrogens (tertiary/aromatic N) is 1. The van der Waals surface area contributed by atoms with Crippen molar-refractivity contribution < 1.29 is 9.59 Å². The molecule has 0 unspecified atom stereocenters. The predicted octanol–water partition coefficient (Wildman–Crippen LogP) is 2.40. The van der Waals surface area contributed by atoms with Gasteiger partial charge in [0.15, 0.2) is 13.8 Å². The Balaban J connectivity index is 1.84. The summed E-state index contributed by atoms with van der Waals surface area (Å²) in [7, 11) is 5.83. The maximum Gasteiger partial charge on any atom is 0.240 e. The Hall–Kier alpha value is -2.40. The van der Waals surface area contributed by atoms with Crippen molar-refractivity contribution in [2.45, 2.75) is 18.9 Å². The molecule has 0 aliphatic carbocycles. The highest BCUT2D eigenvalue weighted by Crippen LogP contribution is 2.22. The van der Waals surface area contributed by atoms with Crippen LogP contribution in [0.15, 0.2) is 54.6 Å². The third-order valence-corrected chi connectivity index (χ3v) is 4.06. The fourth-order valence-corrected chi connectivity index (χ4v) is 2.82. The molecule has 0 saturated carbocycles. The van der Waals surface area contributed by atoms with Crippen LogP contribution in [-0.4, -0.2) is 37.1 Å². The van der Waals surface area contributed by atoms with E-state index in [-0.39, 0.29) is 17.7 Å². The molecule has 0 aromatic heterocycles. The molecule has 1 atom stereocenters. The van der Waals surface area contributed by atoms with Gasteiger partial charge >= 0.3 is 0 Å². The van der Waals surface area contributed by atoms with Crippen molar-refractivity contribution in [1.82, 2.24) is 4.81 Å². The molecule has 5 heteroatoms. The third-order valence-electron chi connectivity index (χ3n) is 4.06. The minimum atomic E-state index is -0.338. The molecule has 2 aromatic rings. The van der Waals surface area contributed by atoms with Gasteiger partial charge in [0.25, 0.3) is 0 Å². The molecule has 1 N–H and O–H groups in total. The van der Waals surface area contributed by atoms with Crippen molar-refractivity contribution >= 4 is 25.4 Å². The zero-order chi connectivity index (χ0) is 16.2. The minimum absolute atomic E-state index is 0.113. The van der Waals surface area contributed by atoms with Gasteiger partial charge in [0.2, 0.25) is 5.91 Å². The lowest BCUT2D eigenvalue weighted by molar-refractivity contribution is -0.119. The number of hydrogen-bond donors (Lipinski definition) is 1. The second-order valence-corrected chi connectivity index (χ2v) is 5.63. The van der Waals surface area contributed by atoms with E-state index in [1.54, 1.807) is 41.2 Å². The van der Waals surface area contributed by atoms with Crippen LogP contribution in [0.5, 0.6) is 0 Å². The van der Waals surface area contributed by atoms with Crippen molar-refractivity contribution in [3.63, 3.8) is 0 Å². The molecule has 23 heavy (non-hydrogen) atoms. The van der Waals surface area contributed by atoms with Crippen molar-refractivity contribution in [2.24, 2.45) is 0 Å². The normalized spacial score (nSPS) is 17.8. The Morgan fingerprint density at radius 3 is 2.43 bits per heavy atom. The lowest BCUT2D eigenvalue weighted by atomic mass is 10.0. The summed E-state index contributed by atoms with van der Waals surface area (Å²) >= 11 is 0. The fraction of sp³-hybridized carbons (Fsp3) is 0.222. The van der Waals surface area contributed by atoms with E-state index in [0.29, 0.717) is 23.4 Å². The topological polar surface area (TPSA) is 49.4 Å². The van der Waals surface area contributed by atoms with E-state index in [9.17, 15) is 9.59 Å². The van der Waals surface area contributed by atoms with Crippen molar-refractivity contribution in [1.29, 1.82) is 0 Å². The number of ketones is 1. The maximum absolute atomic E-state index is 12.6. The molecule has 3 rings (SSSR count). The summed E-state index contributed by atoms with van der Waals surface area (Å²) in [6, 6.07) is 15.7. The van der Waals surface area contributed by atoms with E-state index in [2.05, 4.69) is 5.32 Å². The van der Waals surface area contributed by atoms with Crippen LogP contribution in [0.3, 0.4) is 0 Å². The van der Waals surface area contributed by atoms with Gasteiger partial charge in [-0.25, -0.2) is 0 Å². The van der Waals surface area contributed by atoms with Gasteiger partial charge in [-0.3, -0.25) is 9.59 Å². The second kappa shape index (κ2) is 6.79. The second-order valence-electron chi connectivity index (χ2n) is 5.63. The number of para-hydroxylation sites is 1. The van der Waals surface area contributed by atoms with E-state index in [1.165, 1.54) is 0 Å². The number of anilines is 1. The van der Waals surface area contributed by atoms with Gasteiger partial charge in [0, 0.05) is 11.1 Å². The van der Waals surface area contributed by atoms with Crippen LogP contribution in [0.1, 0.15) is 28.8 Å². The number of amides is 1. The van der Waals surface area contributed by atoms with E-state index >= 15 is 0 Å². The SMILES string of the molecule is [B]N1CCC[C@@H]1C(=O)Nc1ccccc1C(=O)c1ccccc1. The van der Waals surface area contributed by atoms with Gasteiger partial charge in [-0.15, -0.1) is 0 Å². The van der Waals surface area contributed by atoms with E-state index in [0.717, 1.165) is 12.8 Å². The number of carbonyl (C=O) groups excluding carboxylic acids is 2.